The van der Waals surface area contributed by atoms with Crippen LogP contribution in [0.5, 0.6) is 0 Å². The number of anilines is 1. The maximum Gasteiger partial charge on any atom is 0.269 e. The van der Waals surface area contributed by atoms with E-state index in [1.54, 1.807) is 12.1 Å². The molecule has 4 aliphatic carbocycles. The third-order valence-corrected chi connectivity index (χ3v) is 6.91. The van der Waals surface area contributed by atoms with E-state index in [4.69, 9.17) is 0 Å². The molecule has 0 spiro atoms. The van der Waals surface area contributed by atoms with Crippen LogP contribution < -0.4 is 4.90 Å². The molecule has 5 aliphatic rings. The number of hydrogen-bond donors (Lipinski definition) is 0. The first kappa shape index (κ1) is 14.4. The smallest absolute Gasteiger partial charge is 0.269 e. The van der Waals surface area contributed by atoms with E-state index in [1.165, 1.54) is 25.3 Å². The lowest BCUT2D eigenvalue weighted by Crippen LogP contribution is -2.54. The van der Waals surface area contributed by atoms with Crippen molar-refractivity contribution in [3.63, 3.8) is 0 Å². The van der Waals surface area contributed by atoms with Crippen LogP contribution in [-0.4, -0.2) is 17.4 Å². The molecule has 0 saturated heterocycles. The molecule has 0 radical (unpaired) electrons. The number of benzene rings is 1. The molecule has 0 unspecified atom stereocenters. The Morgan fingerprint density at radius 3 is 2.33 bits per heavy atom. The molecule has 1 amide bonds. The molecule has 4 bridgehead atoms. The van der Waals surface area contributed by atoms with Gasteiger partial charge in [0.05, 0.1) is 10.3 Å². The summed E-state index contributed by atoms with van der Waals surface area (Å²) in [5.41, 5.74) is 1.83. The first-order valence-corrected chi connectivity index (χ1v) is 9.13. The van der Waals surface area contributed by atoms with E-state index < -0.39 is 0 Å². The maximum atomic E-state index is 13.5. The Kier molecular flexibility index (Phi) is 2.89. The van der Waals surface area contributed by atoms with Crippen LogP contribution in [0.4, 0.5) is 11.4 Å². The van der Waals surface area contributed by atoms with Gasteiger partial charge in [0.1, 0.15) is 0 Å². The van der Waals surface area contributed by atoms with E-state index in [-0.39, 0.29) is 16.0 Å². The van der Waals surface area contributed by atoms with Crippen molar-refractivity contribution in [2.45, 2.75) is 44.9 Å². The number of nitro groups is 1. The molecule has 0 atom stereocenters. The minimum absolute atomic E-state index is 0.123. The van der Waals surface area contributed by atoms with Crippen LogP contribution in [0.25, 0.3) is 0 Å². The number of fused-ring (bicyclic) bond motifs is 1. The third kappa shape index (κ3) is 1.96. The molecule has 126 valence electrons. The highest BCUT2D eigenvalue weighted by atomic mass is 16.6. The second kappa shape index (κ2) is 4.80. The lowest BCUT2D eigenvalue weighted by atomic mass is 9.49. The highest BCUT2D eigenvalue weighted by Gasteiger charge is 2.56. The van der Waals surface area contributed by atoms with Gasteiger partial charge in [-0.05, 0) is 74.3 Å². The van der Waals surface area contributed by atoms with E-state index in [9.17, 15) is 14.9 Å². The number of hydrogen-bond acceptors (Lipinski definition) is 3. The predicted molar refractivity (Wildman–Crippen MR) is 89.8 cm³/mol. The summed E-state index contributed by atoms with van der Waals surface area (Å²) in [6, 6.07) is 4.95. The van der Waals surface area contributed by atoms with E-state index in [0.29, 0.717) is 12.5 Å². The van der Waals surface area contributed by atoms with Gasteiger partial charge in [-0.3, -0.25) is 14.9 Å². The zero-order valence-electron chi connectivity index (χ0n) is 13.7. The molecule has 24 heavy (non-hydrogen) atoms. The Morgan fingerprint density at radius 2 is 1.75 bits per heavy atom. The first-order chi connectivity index (χ1) is 11.5. The van der Waals surface area contributed by atoms with Crippen molar-refractivity contribution in [1.29, 1.82) is 0 Å². The number of rotatable bonds is 2. The molecule has 1 aromatic carbocycles. The Balaban J connectivity index is 1.46. The summed E-state index contributed by atoms with van der Waals surface area (Å²) < 4.78 is 0. The van der Waals surface area contributed by atoms with E-state index in [0.717, 1.165) is 54.7 Å². The Morgan fingerprint density at radius 1 is 1.12 bits per heavy atom. The van der Waals surface area contributed by atoms with Crippen LogP contribution in [0.3, 0.4) is 0 Å². The van der Waals surface area contributed by atoms with Gasteiger partial charge >= 0.3 is 0 Å². The summed E-state index contributed by atoms with van der Waals surface area (Å²) in [5, 5.41) is 11.0. The standard InChI is InChI=1S/C19H22N2O3/c22-18(19-9-12-5-13(10-19)7-14(6-12)11-19)20-4-3-15-8-16(21(23)24)1-2-17(15)20/h1-2,8,12-14H,3-7,9-11H2. The topological polar surface area (TPSA) is 63.5 Å². The molecule has 4 fully saturated rings. The van der Waals surface area contributed by atoms with Crippen LogP contribution in [0.1, 0.15) is 44.1 Å². The molecule has 5 nitrogen and oxygen atoms in total. The van der Waals surface area contributed by atoms with Gasteiger partial charge in [-0.2, -0.15) is 0 Å². The van der Waals surface area contributed by atoms with Crippen LogP contribution in [0.15, 0.2) is 18.2 Å². The average Bonchev–Trinajstić information content (AvgIpc) is 2.95. The second-order valence-electron chi connectivity index (χ2n) is 8.47. The van der Waals surface area contributed by atoms with Gasteiger partial charge in [0.25, 0.3) is 5.69 Å². The van der Waals surface area contributed by atoms with Gasteiger partial charge in [0, 0.05) is 24.4 Å². The van der Waals surface area contributed by atoms with E-state index in [1.807, 2.05) is 4.90 Å². The summed E-state index contributed by atoms with van der Waals surface area (Å²) in [6.07, 6.45) is 7.92. The molecule has 1 heterocycles. The summed E-state index contributed by atoms with van der Waals surface area (Å²) in [6.45, 7) is 0.678. The van der Waals surface area contributed by atoms with Gasteiger partial charge in [-0.25, -0.2) is 0 Å². The fourth-order valence-electron chi connectivity index (χ4n) is 6.37. The molecule has 5 heteroatoms. The van der Waals surface area contributed by atoms with Crippen molar-refractivity contribution in [2.24, 2.45) is 23.2 Å². The fourth-order valence-corrected chi connectivity index (χ4v) is 6.37. The molecular formula is C19H22N2O3. The minimum Gasteiger partial charge on any atom is -0.311 e. The first-order valence-electron chi connectivity index (χ1n) is 9.13. The number of nitrogens with zero attached hydrogens (tertiary/aromatic N) is 2. The molecule has 6 rings (SSSR count). The van der Waals surface area contributed by atoms with Gasteiger partial charge < -0.3 is 4.90 Å². The second-order valence-corrected chi connectivity index (χ2v) is 8.47. The van der Waals surface area contributed by atoms with Crippen molar-refractivity contribution in [3.05, 3.63) is 33.9 Å². The molecule has 1 aromatic rings. The van der Waals surface area contributed by atoms with Gasteiger partial charge in [-0.15, -0.1) is 0 Å². The lowest BCUT2D eigenvalue weighted by molar-refractivity contribution is -0.384. The third-order valence-electron chi connectivity index (χ3n) is 6.91. The van der Waals surface area contributed by atoms with E-state index >= 15 is 0 Å². The molecule has 4 saturated carbocycles. The zero-order chi connectivity index (χ0) is 16.5. The summed E-state index contributed by atoms with van der Waals surface area (Å²) in [5.74, 6) is 2.55. The van der Waals surface area contributed by atoms with Crippen molar-refractivity contribution in [2.75, 3.05) is 11.4 Å². The number of carbonyl (C=O) groups excluding carboxylic acids is 1. The molecular weight excluding hydrogens is 304 g/mol. The summed E-state index contributed by atoms with van der Waals surface area (Å²) in [4.78, 5) is 26.0. The van der Waals surface area contributed by atoms with Crippen LogP contribution in [-0.2, 0) is 11.2 Å². The van der Waals surface area contributed by atoms with Gasteiger partial charge in [-0.1, -0.05) is 0 Å². The largest absolute Gasteiger partial charge is 0.311 e. The predicted octanol–water partition coefficient (Wildman–Crippen LogP) is 3.70. The molecule has 1 aliphatic heterocycles. The van der Waals surface area contributed by atoms with Crippen LogP contribution in [0.2, 0.25) is 0 Å². The zero-order valence-corrected chi connectivity index (χ0v) is 13.7. The van der Waals surface area contributed by atoms with Crippen molar-refractivity contribution < 1.29 is 9.72 Å². The van der Waals surface area contributed by atoms with Crippen molar-refractivity contribution in [3.8, 4) is 0 Å². The van der Waals surface area contributed by atoms with Crippen LogP contribution >= 0.6 is 0 Å². The normalized spacial score (nSPS) is 36.0. The molecule has 0 N–H and O–H groups in total. The van der Waals surface area contributed by atoms with Crippen molar-refractivity contribution in [1.82, 2.24) is 0 Å². The SMILES string of the molecule is O=C(N1CCc2cc([N+](=O)[O-])ccc21)C12CC3CC(CC(C3)C1)C2. The van der Waals surface area contributed by atoms with Gasteiger partial charge in [0.15, 0.2) is 0 Å². The summed E-state index contributed by atoms with van der Waals surface area (Å²) in [7, 11) is 0. The maximum absolute atomic E-state index is 13.5. The van der Waals surface area contributed by atoms with Crippen molar-refractivity contribution >= 4 is 17.3 Å². The summed E-state index contributed by atoms with van der Waals surface area (Å²) >= 11 is 0. The molecule has 0 aromatic heterocycles. The number of amides is 1. The Labute approximate surface area is 141 Å². The van der Waals surface area contributed by atoms with Gasteiger partial charge in [0.2, 0.25) is 5.91 Å². The number of nitro benzene ring substituents is 1. The monoisotopic (exact) mass is 326 g/mol. The highest BCUT2D eigenvalue weighted by Crippen LogP contribution is 2.61. The number of carbonyl (C=O) groups is 1. The Hall–Kier alpha value is -1.91. The average molecular weight is 326 g/mol. The van der Waals surface area contributed by atoms with Crippen LogP contribution in [0, 0.1) is 33.3 Å². The quantitative estimate of drug-likeness (QED) is 0.615. The highest BCUT2D eigenvalue weighted by molar-refractivity contribution is 5.99. The van der Waals surface area contributed by atoms with E-state index in [2.05, 4.69) is 0 Å². The Bertz CT molecular complexity index is 707. The number of non-ortho nitro benzene ring substituents is 1. The lowest BCUT2D eigenvalue weighted by Gasteiger charge is -2.56. The fraction of sp³-hybridized carbons (Fsp3) is 0.632. The minimum atomic E-state index is -0.357.